The van der Waals surface area contributed by atoms with Gasteiger partial charge in [0.15, 0.2) is 0 Å². The van der Waals surface area contributed by atoms with E-state index in [1.807, 2.05) is 0 Å². The van der Waals surface area contributed by atoms with Crippen LogP contribution in [0, 0.1) is 12.8 Å². The van der Waals surface area contributed by atoms with Crippen molar-refractivity contribution >= 4 is 39.2 Å². The molecule has 1 aromatic carbocycles. The summed E-state index contributed by atoms with van der Waals surface area (Å²) in [6.45, 7) is 4.34. The number of carbonyl (C=O) groups is 1. The third-order valence-corrected chi connectivity index (χ3v) is 6.67. The molecule has 2 rings (SSSR count). The Kier molecular flexibility index (Phi) is 5.94. The summed E-state index contributed by atoms with van der Waals surface area (Å²) in [7, 11) is -3.66. The highest BCUT2D eigenvalue weighted by Crippen LogP contribution is 2.31. The van der Waals surface area contributed by atoms with Gasteiger partial charge >= 0.3 is 5.97 Å². The largest absolute Gasteiger partial charge is 0.466 e. The van der Waals surface area contributed by atoms with Crippen molar-refractivity contribution < 1.29 is 17.9 Å². The van der Waals surface area contributed by atoms with Crippen LogP contribution in [0.3, 0.4) is 0 Å². The third-order valence-electron chi connectivity index (χ3n) is 3.91. The molecule has 0 atom stereocenters. The van der Waals surface area contributed by atoms with E-state index in [0.29, 0.717) is 30.0 Å². The molecule has 1 heterocycles. The summed E-state index contributed by atoms with van der Waals surface area (Å²) < 4.78 is 31.9. The lowest BCUT2D eigenvalue weighted by Gasteiger charge is -2.30. The molecule has 1 aliphatic heterocycles. The lowest BCUT2D eigenvalue weighted by atomic mass is 9.98. The summed E-state index contributed by atoms with van der Waals surface area (Å²) in [5, 5.41) is 0.529. The van der Waals surface area contributed by atoms with Crippen molar-refractivity contribution in [1.29, 1.82) is 0 Å². The lowest BCUT2D eigenvalue weighted by Crippen LogP contribution is -2.40. The van der Waals surface area contributed by atoms with E-state index < -0.39 is 10.0 Å². The van der Waals surface area contributed by atoms with Gasteiger partial charge in [-0.15, -0.1) is 0 Å². The number of carbonyl (C=O) groups excluding carboxylic acids is 1. The topological polar surface area (TPSA) is 63.7 Å². The molecule has 0 spiro atoms. The van der Waals surface area contributed by atoms with Crippen LogP contribution < -0.4 is 0 Å². The molecular formula is C15H19Cl2NO4S. The molecule has 128 valence electrons. The molecule has 1 fully saturated rings. The fourth-order valence-corrected chi connectivity index (χ4v) is 4.79. The summed E-state index contributed by atoms with van der Waals surface area (Å²) in [6, 6.07) is 2.92. The molecule has 0 amide bonds. The van der Waals surface area contributed by atoms with E-state index in [9.17, 15) is 13.2 Å². The first kappa shape index (κ1) is 18.5. The molecule has 23 heavy (non-hydrogen) atoms. The zero-order valence-electron chi connectivity index (χ0n) is 13.0. The van der Waals surface area contributed by atoms with Gasteiger partial charge in [0.1, 0.15) is 0 Å². The van der Waals surface area contributed by atoms with Crippen LogP contribution in [0.5, 0.6) is 0 Å². The van der Waals surface area contributed by atoms with Crippen molar-refractivity contribution in [3.05, 3.63) is 27.7 Å². The summed E-state index contributed by atoms with van der Waals surface area (Å²) in [5.74, 6) is -0.494. The monoisotopic (exact) mass is 379 g/mol. The van der Waals surface area contributed by atoms with Crippen molar-refractivity contribution in [1.82, 2.24) is 4.31 Å². The normalized spacial score (nSPS) is 17.2. The van der Waals surface area contributed by atoms with Crippen LogP contribution in [0.25, 0.3) is 0 Å². The van der Waals surface area contributed by atoms with Crippen LogP contribution in [0.1, 0.15) is 25.3 Å². The zero-order valence-corrected chi connectivity index (χ0v) is 15.3. The highest BCUT2D eigenvalue weighted by Gasteiger charge is 2.33. The van der Waals surface area contributed by atoms with Crippen molar-refractivity contribution in [3.8, 4) is 0 Å². The minimum absolute atomic E-state index is 0.154. The van der Waals surface area contributed by atoms with Crippen LogP contribution in [-0.4, -0.2) is 38.4 Å². The van der Waals surface area contributed by atoms with Crippen LogP contribution in [0.2, 0.25) is 10.0 Å². The molecule has 0 aromatic heterocycles. The Balaban J connectivity index is 2.17. The number of hydrogen-bond donors (Lipinski definition) is 0. The Morgan fingerprint density at radius 1 is 1.26 bits per heavy atom. The molecular weight excluding hydrogens is 361 g/mol. The summed E-state index contributed by atoms with van der Waals surface area (Å²) >= 11 is 11.9. The predicted molar refractivity (Wildman–Crippen MR) is 89.3 cm³/mol. The van der Waals surface area contributed by atoms with Gasteiger partial charge < -0.3 is 4.74 Å². The molecule has 0 radical (unpaired) electrons. The van der Waals surface area contributed by atoms with Crippen molar-refractivity contribution in [3.63, 3.8) is 0 Å². The number of esters is 1. The van der Waals surface area contributed by atoms with Gasteiger partial charge in [-0.05, 0) is 44.4 Å². The van der Waals surface area contributed by atoms with Crippen molar-refractivity contribution in [2.45, 2.75) is 31.6 Å². The van der Waals surface area contributed by atoms with E-state index in [0.717, 1.165) is 0 Å². The number of nitrogens with zero attached hydrogens (tertiary/aromatic N) is 1. The quantitative estimate of drug-likeness (QED) is 0.753. The van der Waals surface area contributed by atoms with E-state index >= 15 is 0 Å². The van der Waals surface area contributed by atoms with Crippen LogP contribution in [-0.2, 0) is 19.6 Å². The maximum Gasteiger partial charge on any atom is 0.309 e. The van der Waals surface area contributed by atoms with E-state index in [1.165, 1.54) is 10.4 Å². The van der Waals surface area contributed by atoms with Gasteiger partial charge in [0.25, 0.3) is 0 Å². The van der Waals surface area contributed by atoms with E-state index in [2.05, 4.69) is 0 Å². The highest BCUT2D eigenvalue weighted by molar-refractivity contribution is 7.89. The lowest BCUT2D eigenvalue weighted by molar-refractivity contribution is -0.149. The molecule has 8 heteroatoms. The Labute approximate surface area is 146 Å². The number of benzene rings is 1. The number of hydrogen-bond acceptors (Lipinski definition) is 4. The maximum atomic E-state index is 12.8. The average molecular weight is 380 g/mol. The molecule has 1 aliphatic rings. The maximum absolute atomic E-state index is 12.8. The van der Waals surface area contributed by atoms with Gasteiger partial charge in [0.05, 0.1) is 27.5 Å². The Bertz CT molecular complexity index is 698. The molecule has 0 saturated carbocycles. The average Bonchev–Trinajstić information content (AvgIpc) is 2.51. The van der Waals surface area contributed by atoms with Crippen LogP contribution >= 0.6 is 23.2 Å². The van der Waals surface area contributed by atoms with Gasteiger partial charge in [0.2, 0.25) is 10.0 Å². The number of ether oxygens (including phenoxy) is 1. The van der Waals surface area contributed by atoms with E-state index in [4.69, 9.17) is 27.9 Å². The van der Waals surface area contributed by atoms with Crippen molar-refractivity contribution in [2.24, 2.45) is 5.92 Å². The van der Waals surface area contributed by atoms with Gasteiger partial charge in [0, 0.05) is 13.1 Å². The van der Waals surface area contributed by atoms with E-state index in [1.54, 1.807) is 19.9 Å². The molecule has 0 aliphatic carbocycles. The highest BCUT2D eigenvalue weighted by atomic mass is 35.5. The van der Waals surface area contributed by atoms with Crippen LogP contribution in [0.4, 0.5) is 0 Å². The minimum Gasteiger partial charge on any atom is -0.466 e. The predicted octanol–water partition coefficient (Wildman–Crippen LogP) is 3.27. The Morgan fingerprint density at radius 2 is 1.83 bits per heavy atom. The number of halogens is 2. The smallest absolute Gasteiger partial charge is 0.309 e. The second kappa shape index (κ2) is 7.38. The number of sulfonamides is 1. The van der Waals surface area contributed by atoms with Crippen molar-refractivity contribution in [2.75, 3.05) is 19.7 Å². The molecule has 0 N–H and O–H groups in total. The molecule has 5 nitrogen and oxygen atoms in total. The Hall–Kier alpha value is -0.820. The van der Waals surface area contributed by atoms with E-state index in [-0.39, 0.29) is 34.9 Å². The van der Waals surface area contributed by atoms with Gasteiger partial charge in [-0.3, -0.25) is 4.79 Å². The number of rotatable bonds is 4. The fourth-order valence-electron chi connectivity index (χ4n) is 2.64. The third kappa shape index (κ3) is 3.99. The second-order valence-corrected chi connectivity index (χ2v) is 8.18. The Morgan fingerprint density at radius 3 is 2.39 bits per heavy atom. The molecule has 0 bridgehead atoms. The second-order valence-electron chi connectivity index (χ2n) is 5.46. The first-order valence-corrected chi connectivity index (χ1v) is 9.59. The number of aryl methyl sites for hydroxylation is 1. The summed E-state index contributed by atoms with van der Waals surface area (Å²) in [6.07, 6.45) is 0.914. The zero-order chi connectivity index (χ0) is 17.2. The van der Waals surface area contributed by atoms with Gasteiger partial charge in [-0.25, -0.2) is 8.42 Å². The van der Waals surface area contributed by atoms with Gasteiger partial charge in [-0.1, -0.05) is 23.2 Å². The van der Waals surface area contributed by atoms with Crippen LogP contribution in [0.15, 0.2) is 17.0 Å². The molecule has 1 aromatic rings. The standard InChI is InChI=1S/C15H19Cl2NO4S/c1-3-22-15(19)11-4-6-18(7-5-11)23(20,21)14-9-13(17)12(16)8-10(14)2/h8-9,11H,3-7H2,1-2H3. The van der Waals surface area contributed by atoms with Gasteiger partial charge in [-0.2, -0.15) is 4.31 Å². The summed E-state index contributed by atoms with van der Waals surface area (Å²) in [5.41, 5.74) is 0.548. The molecule has 1 saturated heterocycles. The summed E-state index contributed by atoms with van der Waals surface area (Å²) in [4.78, 5) is 11.9. The fraction of sp³-hybridized carbons (Fsp3) is 0.533. The first-order chi connectivity index (χ1) is 10.8. The first-order valence-electron chi connectivity index (χ1n) is 7.39. The minimum atomic E-state index is -3.66. The number of piperidine rings is 1. The molecule has 0 unspecified atom stereocenters. The SMILES string of the molecule is CCOC(=O)C1CCN(S(=O)(=O)c2cc(Cl)c(Cl)cc2C)CC1.